The standard InChI is InChI=1S/C12H17BrClNO/c1-2-12(7-15,8-16)6-9-3-4-10(13)5-11(9)14/h3-5,16H,2,6-8,15H2,1H3. The number of benzene rings is 1. The summed E-state index contributed by atoms with van der Waals surface area (Å²) in [6.45, 7) is 2.59. The van der Waals surface area contributed by atoms with Crippen molar-refractivity contribution in [1.29, 1.82) is 0 Å². The van der Waals surface area contributed by atoms with Gasteiger partial charge in [0, 0.05) is 21.5 Å². The van der Waals surface area contributed by atoms with E-state index in [1.807, 2.05) is 25.1 Å². The summed E-state index contributed by atoms with van der Waals surface area (Å²) in [5, 5.41) is 10.2. The Balaban J connectivity index is 2.93. The Morgan fingerprint density at radius 2 is 2.19 bits per heavy atom. The minimum absolute atomic E-state index is 0.0897. The predicted octanol–water partition coefficient (Wildman–Crippen LogP) is 2.99. The van der Waals surface area contributed by atoms with Crippen molar-refractivity contribution in [3.63, 3.8) is 0 Å². The van der Waals surface area contributed by atoms with Gasteiger partial charge in [-0.15, -0.1) is 0 Å². The number of aliphatic hydroxyl groups excluding tert-OH is 1. The van der Waals surface area contributed by atoms with Crippen LogP contribution in [0.1, 0.15) is 18.9 Å². The van der Waals surface area contributed by atoms with Gasteiger partial charge in [-0.2, -0.15) is 0 Å². The lowest BCUT2D eigenvalue weighted by Crippen LogP contribution is -2.35. The minimum atomic E-state index is -0.253. The fraction of sp³-hybridized carbons (Fsp3) is 0.500. The van der Waals surface area contributed by atoms with E-state index in [0.717, 1.165) is 16.5 Å². The molecule has 0 spiro atoms. The summed E-state index contributed by atoms with van der Waals surface area (Å²) >= 11 is 9.52. The Labute approximate surface area is 110 Å². The van der Waals surface area contributed by atoms with Crippen LogP contribution in [0.2, 0.25) is 5.02 Å². The summed E-state index contributed by atoms with van der Waals surface area (Å²) in [5.74, 6) is 0. The van der Waals surface area contributed by atoms with E-state index in [9.17, 15) is 5.11 Å². The molecule has 1 rings (SSSR count). The molecule has 3 N–H and O–H groups in total. The van der Waals surface area contributed by atoms with Crippen molar-refractivity contribution in [1.82, 2.24) is 0 Å². The third kappa shape index (κ3) is 3.20. The molecule has 0 aliphatic heterocycles. The lowest BCUT2D eigenvalue weighted by molar-refractivity contribution is 0.127. The van der Waals surface area contributed by atoms with Gasteiger partial charge in [0.1, 0.15) is 0 Å². The van der Waals surface area contributed by atoms with Gasteiger partial charge in [0.2, 0.25) is 0 Å². The smallest absolute Gasteiger partial charge is 0.0502 e. The number of nitrogens with two attached hydrogens (primary N) is 1. The van der Waals surface area contributed by atoms with E-state index in [0.29, 0.717) is 18.0 Å². The van der Waals surface area contributed by atoms with Crippen LogP contribution in [0.5, 0.6) is 0 Å². The zero-order valence-corrected chi connectivity index (χ0v) is 11.7. The first-order valence-electron chi connectivity index (χ1n) is 5.32. The van der Waals surface area contributed by atoms with Gasteiger partial charge in [-0.05, 0) is 30.5 Å². The molecule has 0 fully saturated rings. The predicted molar refractivity (Wildman–Crippen MR) is 71.7 cm³/mol. The zero-order valence-electron chi connectivity index (χ0n) is 9.34. The van der Waals surface area contributed by atoms with Crippen molar-refractivity contribution < 1.29 is 5.11 Å². The van der Waals surface area contributed by atoms with Crippen LogP contribution in [-0.4, -0.2) is 18.3 Å². The largest absolute Gasteiger partial charge is 0.396 e. The molecular weight excluding hydrogens is 289 g/mol. The first-order valence-corrected chi connectivity index (χ1v) is 6.49. The molecule has 0 saturated carbocycles. The summed E-state index contributed by atoms with van der Waals surface area (Å²) in [7, 11) is 0. The Hall–Kier alpha value is -0.0900. The molecule has 1 aromatic rings. The monoisotopic (exact) mass is 305 g/mol. The molecule has 1 atom stereocenters. The van der Waals surface area contributed by atoms with E-state index in [1.54, 1.807) is 0 Å². The van der Waals surface area contributed by atoms with Crippen LogP contribution in [0.3, 0.4) is 0 Å². The first kappa shape index (κ1) is 14.0. The van der Waals surface area contributed by atoms with Crippen molar-refractivity contribution in [3.05, 3.63) is 33.3 Å². The SMILES string of the molecule is CCC(CN)(CO)Cc1ccc(Br)cc1Cl. The molecule has 0 bridgehead atoms. The number of aliphatic hydroxyl groups is 1. The third-order valence-electron chi connectivity index (χ3n) is 3.10. The van der Waals surface area contributed by atoms with Crippen molar-refractivity contribution in [2.45, 2.75) is 19.8 Å². The molecule has 0 amide bonds. The zero-order chi connectivity index (χ0) is 12.2. The molecule has 2 nitrogen and oxygen atoms in total. The van der Waals surface area contributed by atoms with E-state index >= 15 is 0 Å². The number of hydrogen-bond acceptors (Lipinski definition) is 2. The topological polar surface area (TPSA) is 46.2 Å². The van der Waals surface area contributed by atoms with Gasteiger partial charge in [0.15, 0.2) is 0 Å². The summed E-state index contributed by atoms with van der Waals surface area (Å²) < 4.78 is 0.958. The van der Waals surface area contributed by atoms with Crippen LogP contribution in [0.4, 0.5) is 0 Å². The molecule has 16 heavy (non-hydrogen) atoms. The average molecular weight is 307 g/mol. The Morgan fingerprint density at radius 3 is 2.62 bits per heavy atom. The molecule has 0 heterocycles. The van der Waals surface area contributed by atoms with E-state index in [1.165, 1.54) is 0 Å². The molecule has 90 valence electrons. The minimum Gasteiger partial charge on any atom is -0.396 e. The second-order valence-electron chi connectivity index (χ2n) is 4.13. The molecule has 0 aliphatic carbocycles. The van der Waals surface area contributed by atoms with Gasteiger partial charge in [0.25, 0.3) is 0 Å². The lowest BCUT2D eigenvalue weighted by atomic mass is 9.80. The highest BCUT2D eigenvalue weighted by atomic mass is 79.9. The number of halogens is 2. The highest BCUT2D eigenvalue weighted by Gasteiger charge is 2.26. The van der Waals surface area contributed by atoms with Gasteiger partial charge < -0.3 is 10.8 Å². The fourth-order valence-electron chi connectivity index (χ4n) is 1.64. The molecule has 0 radical (unpaired) electrons. The van der Waals surface area contributed by atoms with Crippen molar-refractivity contribution in [2.24, 2.45) is 11.1 Å². The van der Waals surface area contributed by atoms with Crippen LogP contribution in [0, 0.1) is 5.41 Å². The maximum Gasteiger partial charge on any atom is 0.0502 e. The molecule has 0 saturated heterocycles. The third-order valence-corrected chi connectivity index (χ3v) is 3.94. The highest BCUT2D eigenvalue weighted by Crippen LogP contribution is 2.30. The van der Waals surface area contributed by atoms with Crippen molar-refractivity contribution >= 4 is 27.5 Å². The summed E-state index contributed by atoms with van der Waals surface area (Å²) in [5.41, 5.74) is 6.53. The number of hydrogen-bond donors (Lipinski definition) is 2. The van der Waals surface area contributed by atoms with Crippen LogP contribution in [0.25, 0.3) is 0 Å². The number of rotatable bonds is 5. The summed E-state index contributed by atoms with van der Waals surface area (Å²) in [6, 6.07) is 5.79. The second kappa shape index (κ2) is 6.01. The first-order chi connectivity index (χ1) is 7.56. The lowest BCUT2D eigenvalue weighted by Gasteiger charge is -2.29. The van der Waals surface area contributed by atoms with Crippen molar-refractivity contribution in [3.8, 4) is 0 Å². The Morgan fingerprint density at radius 1 is 1.50 bits per heavy atom. The Kier molecular flexibility index (Phi) is 5.25. The van der Waals surface area contributed by atoms with Crippen LogP contribution >= 0.6 is 27.5 Å². The highest BCUT2D eigenvalue weighted by molar-refractivity contribution is 9.10. The maximum absolute atomic E-state index is 9.45. The van der Waals surface area contributed by atoms with Crippen LogP contribution < -0.4 is 5.73 Å². The van der Waals surface area contributed by atoms with Crippen molar-refractivity contribution in [2.75, 3.05) is 13.2 Å². The van der Waals surface area contributed by atoms with Gasteiger partial charge in [-0.1, -0.05) is 40.5 Å². The maximum atomic E-state index is 9.45. The Bertz CT molecular complexity index is 345. The normalized spacial score (nSPS) is 14.8. The van der Waals surface area contributed by atoms with E-state index in [-0.39, 0.29) is 12.0 Å². The summed E-state index contributed by atoms with van der Waals surface area (Å²) in [6.07, 6.45) is 1.55. The molecular formula is C12H17BrClNO. The average Bonchev–Trinajstić information content (AvgIpc) is 2.29. The molecule has 0 aliphatic rings. The second-order valence-corrected chi connectivity index (χ2v) is 5.45. The van der Waals surface area contributed by atoms with Gasteiger partial charge in [-0.25, -0.2) is 0 Å². The molecule has 0 aromatic heterocycles. The fourth-order valence-corrected chi connectivity index (χ4v) is 2.38. The van der Waals surface area contributed by atoms with Gasteiger partial charge >= 0.3 is 0 Å². The summed E-state index contributed by atoms with van der Waals surface area (Å²) in [4.78, 5) is 0. The van der Waals surface area contributed by atoms with Gasteiger partial charge in [-0.3, -0.25) is 0 Å². The van der Waals surface area contributed by atoms with E-state index in [4.69, 9.17) is 17.3 Å². The van der Waals surface area contributed by atoms with Crippen LogP contribution in [-0.2, 0) is 6.42 Å². The van der Waals surface area contributed by atoms with E-state index in [2.05, 4.69) is 15.9 Å². The van der Waals surface area contributed by atoms with E-state index < -0.39 is 0 Å². The van der Waals surface area contributed by atoms with Crippen LogP contribution in [0.15, 0.2) is 22.7 Å². The molecule has 1 unspecified atom stereocenters. The quantitative estimate of drug-likeness (QED) is 0.878. The molecule has 4 heteroatoms. The molecule has 1 aromatic carbocycles. The van der Waals surface area contributed by atoms with Gasteiger partial charge in [0.05, 0.1) is 6.61 Å².